The number of hydrogen-bond donors (Lipinski definition) is 5. The van der Waals surface area contributed by atoms with E-state index in [1.165, 1.54) is 11.6 Å². The van der Waals surface area contributed by atoms with Gasteiger partial charge in [-0.15, -0.1) is 11.3 Å². The molecule has 1 aromatic rings. The van der Waals surface area contributed by atoms with Crippen molar-refractivity contribution in [2.75, 3.05) is 13.1 Å². The van der Waals surface area contributed by atoms with Gasteiger partial charge in [-0.25, -0.2) is 8.42 Å². The van der Waals surface area contributed by atoms with E-state index < -0.39 is 22.0 Å². The van der Waals surface area contributed by atoms with Crippen LogP contribution in [0.5, 0.6) is 0 Å². The Morgan fingerprint density at radius 1 is 1.29 bits per heavy atom. The van der Waals surface area contributed by atoms with E-state index in [1.807, 2.05) is 0 Å². The average molecular weight is 469 g/mol. The van der Waals surface area contributed by atoms with Gasteiger partial charge in [0.05, 0.1) is 6.17 Å². The van der Waals surface area contributed by atoms with Crippen LogP contribution in [0.2, 0.25) is 0 Å². The van der Waals surface area contributed by atoms with Crippen molar-refractivity contribution in [3.8, 4) is 0 Å². The average Bonchev–Trinajstić information content (AvgIpc) is 3.30. The number of aliphatic carboxylic acids is 1. The van der Waals surface area contributed by atoms with Crippen LogP contribution in [-0.4, -0.2) is 50.7 Å². The predicted octanol–water partition coefficient (Wildman–Crippen LogP) is 1.28. The molecule has 0 saturated carbocycles. The highest BCUT2D eigenvalue weighted by atomic mass is 32.2. The van der Waals surface area contributed by atoms with Crippen LogP contribution in [0.3, 0.4) is 0 Å². The van der Waals surface area contributed by atoms with Crippen molar-refractivity contribution in [2.24, 2.45) is 0 Å². The zero-order chi connectivity index (χ0) is 22.3. The maximum absolute atomic E-state index is 12.2. The van der Waals surface area contributed by atoms with Crippen LogP contribution in [0, 0.1) is 0 Å². The van der Waals surface area contributed by atoms with Crippen LogP contribution in [0.1, 0.15) is 38.5 Å². The van der Waals surface area contributed by atoms with Gasteiger partial charge in [-0.3, -0.25) is 14.9 Å². The van der Waals surface area contributed by atoms with E-state index in [9.17, 15) is 23.1 Å². The molecule has 0 spiro atoms. The van der Waals surface area contributed by atoms with Crippen molar-refractivity contribution >= 4 is 33.2 Å². The molecular formula is C20H28N4O5S2. The number of carboxylic acid groups (broad SMARTS) is 1. The number of nitrogens with one attached hydrogen (secondary N) is 4. The van der Waals surface area contributed by atoms with Crippen LogP contribution < -0.4 is 20.7 Å². The second kappa shape index (κ2) is 10.9. The Labute approximate surface area is 186 Å². The maximum atomic E-state index is 12.2. The highest BCUT2D eigenvalue weighted by Crippen LogP contribution is 2.20. The predicted molar refractivity (Wildman–Crippen MR) is 118 cm³/mol. The highest BCUT2D eigenvalue weighted by Gasteiger charge is 2.26. The standard InChI is InChI=1S/C20H28N4O5S2/c25-17(7-2-1-6-15-10-9-14-5-3-11-21-19(14)23-15)22-13-16(20(26)27)24-31(28,29)18-8-4-12-30-18/h4,8-10,12,16,19,21,23-24H,1-3,5-7,11,13H2,(H,22,25)(H,26,27)/t16-,19?/m0/s1. The van der Waals surface area contributed by atoms with Gasteiger partial charge >= 0.3 is 5.97 Å². The Morgan fingerprint density at radius 2 is 2.13 bits per heavy atom. The summed E-state index contributed by atoms with van der Waals surface area (Å²) in [4.78, 5) is 23.5. The molecular weight excluding hydrogens is 440 g/mol. The summed E-state index contributed by atoms with van der Waals surface area (Å²) in [6, 6.07) is 1.52. The van der Waals surface area contributed by atoms with Crippen molar-refractivity contribution in [1.29, 1.82) is 0 Å². The summed E-state index contributed by atoms with van der Waals surface area (Å²) in [5.41, 5.74) is 2.51. The van der Waals surface area contributed by atoms with Crippen LogP contribution >= 0.6 is 11.3 Å². The first-order valence-electron chi connectivity index (χ1n) is 10.3. The molecule has 0 bridgehead atoms. The van der Waals surface area contributed by atoms with E-state index in [1.54, 1.807) is 11.4 Å². The number of piperidine rings is 1. The normalized spacial score (nSPS) is 19.4. The van der Waals surface area contributed by atoms with Gasteiger partial charge in [0.1, 0.15) is 10.3 Å². The summed E-state index contributed by atoms with van der Waals surface area (Å²) in [6.07, 6.45) is 9.27. The van der Waals surface area contributed by atoms with Crippen LogP contribution in [0.15, 0.2) is 45.1 Å². The number of hydrogen-bond acceptors (Lipinski definition) is 7. The van der Waals surface area contributed by atoms with Crippen molar-refractivity contribution in [3.63, 3.8) is 0 Å². The van der Waals surface area contributed by atoms with E-state index in [0.29, 0.717) is 6.42 Å². The Bertz CT molecular complexity index is 941. The summed E-state index contributed by atoms with van der Waals surface area (Å²) >= 11 is 0.991. The monoisotopic (exact) mass is 468 g/mol. The summed E-state index contributed by atoms with van der Waals surface area (Å²) in [6.45, 7) is 0.690. The number of carbonyl (C=O) groups excluding carboxylic acids is 1. The molecule has 1 fully saturated rings. The number of thiophene rings is 1. The minimum Gasteiger partial charge on any atom is -0.480 e. The van der Waals surface area contributed by atoms with Crippen LogP contribution in [0.4, 0.5) is 0 Å². The lowest BCUT2D eigenvalue weighted by Crippen LogP contribution is -2.48. The molecule has 1 saturated heterocycles. The molecule has 1 aromatic heterocycles. The molecule has 31 heavy (non-hydrogen) atoms. The maximum Gasteiger partial charge on any atom is 0.323 e. The van der Waals surface area contributed by atoms with Gasteiger partial charge in [-0.2, -0.15) is 4.72 Å². The summed E-state index contributed by atoms with van der Waals surface area (Å²) in [7, 11) is -3.94. The number of dihydropyridines is 1. The lowest BCUT2D eigenvalue weighted by atomic mass is 9.98. The molecule has 0 aromatic carbocycles. The lowest BCUT2D eigenvalue weighted by Gasteiger charge is -2.32. The second-order valence-corrected chi connectivity index (χ2v) is 10.4. The quantitative estimate of drug-likeness (QED) is 0.309. The zero-order valence-corrected chi connectivity index (χ0v) is 18.7. The van der Waals surface area contributed by atoms with E-state index >= 15 is 0 Å². The number of rotatable bonds is 11. The Balaban J connectivity index is 1.37. The van der Waals surface area contributed by atoms with E-state index in [2.05, 4.69) is 32.8 Å². The number of allylic oxidation sites excluding steroid dienone is 3. The molecule has 1 unspecified atom stereocenters. The minimum absolute atomic E-state index is 0.0288. The molecule has 3 heterocycles. The van der Waals surface area contributed by atoms with Gasteiger partial charge < -0.3 is 15.7 Å². The number of sulfonamides is 1. The third-order valence-corrected chi connectivity index (χ3v) is 8.02. The van der Waals surface area contributed by atoms with Gasteiger partial charge in [-0.05, 0) is 61.7 Å². The molecule has 170 valence electrons. The molecule has 0 radical (unpaired) electrons. The summed E-state index contributed by atoms with van der Waals surface area (Å²) in [5, 5.41) is 20.3. The molecule has 3 rings (SSSR count). The Morgan fingerprint density at radius 3 is 2.87 bits per heavy atom. The zero-order valence-electron chi connectivity index (χ0n) is 17.1. The van der Waals surface area contributed by atoms with E-state index in [-0.39, 0.29) is 29.2 Å². The van der Waals surface area contributed by atoms with E-state index in [0.717, 1.165) is 49.3 Å². The molecule has 9 nitrogen and oxygen atoms in total. The molecule has 11 heteroatoms. The number of unbranched alkanes of at least 4 members (excludes halogenated alkanes) is 1. The van der Waals surface area contributed by atoms with Crippen LogP contribution in [0.25, 0.3) is 0 Å². The van der Waals surface area contributed by atoms with Crippen molar-refractivity contribution in [1.82, 2.24) is 20.7 Å². The molecule has 0 aliphatic carbocycles. The first kappa shape index (κ1) is 23.5. The van der Waals surface area contributed by atoms with Crippen molar-refractivity contribution < 1.29 is 23.1 Å². The first-order valence-corrected chi connectivity index (χ1v) is 12.7. The fraction of sp³-hybridized carbons (Fsp3) is 0.500. The third kappa shape index (κ3) is 6.89. The number of carbonyl (C=O) groups is 2. The Kier molecular flexibility index (Phi) is 8.24. The molecule has 5 N–H and O–H groups in total. The molecule has 2 atom stereocenters. The summed E-state index contributed by atoms with van der Waals surface area (Å²) in [5.74, 6) is -1.65. The van der Waals surface area contributed by atoms with Crippen molar-refractivity contribution in [3.05, 3.63) is 40.9 Å². The summed E-state index contributed by atoms with van der Waals surface area (Å²) < 4.78 is 26.6. The second-order valence-electron chi connectivity index (χ2n) is 7.52. The van der Waals surface area contributed by atoms with Gasteiger partial charge in [0.25, 0.3) is 10.0 Å². The highest BCUT2D eigenvalue weighted by molar-refractivity contribution is 7.91. The fourth-order valence-electron chi connectivity index (χ4n) is 3.48. The molecule has 1 amide bonds. The largest absolute Gasteiger partial charge is 0.480 e. The van der Waals surface area contributed by atoms with Gasteiger partial charge in [0.15, 0.2) is 0 Å². The van der Waals surface area contributed by atoms with Gasteiger partial charge in [-0.1, -0.05) is 12.1 Å². The first-order chi connectivity index (χ1) is 14.8. The number of fused-ring (bicyclic) bond motifs is 1. The molecule has 2 aliphatic rings. The topological polar surface area (TPSA) is 137 Å². The van der Waals surface area contributed by atoms with Crippen molar-refractivity contribution in [2.45, 2.75) is 54.9 Å². The minimum atomic E-state index is -3.94. The SMILES string of the molecule is O=C(CCCCC1=CC=C2CCCNC2N1)NC[C@H](NS(=O)(=O)c1cccs1)C(=O)O. The lowest BCUT2D eigenvalue weighted by molar-refractivity contribution is -0.138. The van der Waals surface area contributed by atoms with E-state index in [4.69, 9.17) is 0 Å². The van der Waals surface area contributed by atoms with Crippen LogP contribution in [-0.2, 0) is 19.6 Å². The number of carboxylic acids is 1. The molecule has 2 aliphatic heterocycles. The Hall–Kier alpha value is -2.21. The number of amides is 1. The third-order valence-electron chi connectivity index (χ3n) is 5.15. The van der Waals surface area contributed by atoms with Gasteiger partial charge in [0, 0.05) is 18.7 Å². The smallest absolute Gasteiger partial charge is 0.323 e. The van der Waals surface area contributed by atoms with Gasteiger partial charge in [0.2, 0.25) is 5.91 Å². The fourth-order valence-corrected chi connectivity index (χ4v) is 5.68.